The maximum absolute atomic E-state index is 12.6. The molecule has 0 unspecified atom stereocenters. The van der Waals surface area contributed by atoms with Crippen molar-refractivity contribution in [1.29, 1.82) is 0 Å². The molecular formula is C26H39NO3. The highest BCUT2D eigenvalue weighted by molar-refractivity contribution is 5.87. The zero-order valence-electron chi connectivity index (χ0n) is 19.0. The third-order valence-electron chi connectivity index (χ3n) is 9.90. The second-order valence-corrected chi connectivity index (χ2v) is 11.3. The largest absolute Gasteiger partial charge is 0.462 e. The number of Topliss-reactive ketones (excluding diaryl/α,β-unsaturated/α-hetero) is 1. The minimum atomic E-state index is -0.0507. The van der Waals surface area contributed by atoms with Crippen LogP contribution in [0.3, 0.4) is 0 Å². The van der Waals surface area contributed by atoms with Gasteiger partial charge in [-0.2, -0.15) is 0 Å². The van der Waals surface area contributed by atoms with Crippen molar-refractivity contribution in [1.82, 2.24) is 4.90 Å². The monoisotopic (exact) mass is 413 g/mol. The third-order valence-corrected chi connectivity index (χ3v) is 9.90. The quantitative estimate of drug-likeness (QED) is 0.485. The number of rotatable bonds is 4. The van der Waals surface area contributed by atoms with Gasteiger partial charge >= 0.3 is 5.97 Å². The summed E-state index contributed by atoms with van der Waals surface area (Å²) < 4.78 is 5.93. The summed E-state index contributed by atoms with van der Waals surface area (Å²) in [6.45, 7) is 7.85. The van der Waals surface area contributed by atoms with Crippen molar-refractivity contribution in [3.63, 3.8) is 0 Å². The summed E-state index contributed by atoms with van der Waals surface area (Å²) in [4.78, 5) is 27.4. The van der Waals surface area contributed by atoms with Gasteiger partial charge in [0, 0.05) is 24.8 Å². The molecule has 0 spiro atoms. The maximum Gasteiger partial charge on any atom is 0.307 e. The van der Waals surface area contributed by atoms with E-state index >= 15 is 0 Å². The van der Waals surface area contributed by atoms with Crippen LogP contribution in [0.15, 0.2) is 11.6 Å². The molecule has 4 aliphatic carbocycles. The van der Waals surface area contributed by atoms with E-state index in [1.165, 1.54) is 19.3 Å². The lowest BCUT2D eigenvalue weighted by atomic mass is 9.48. The molecule has 4 fully saturated rings. The average molecular weight is 414 g/mol. The molecule has 5 rings (SSSR count). The van der Waals surface area contributed by atoms with Gasteiger partial charge in [-0.1, -0.05) is 25.5 Å². The zero-order chi connectivity index (χ0) is 20.9. The number of allylic oxidation sites excluding steroid dienone is 1. The summed E-state index contributed by atoms with van der Waals surface area (Å²) in [6, 6.07) is 0. The van der Waals surface area contributed by atoms with Crippen LogP contribution in [0.25, 0.3) is 0 Å². The first kappa shape index (κ1) is 20.7. The van der Waals surface area contributed by atoms with Crippen LogP contribution in [-0.4, -0.2) is 42.4 Å². The fraction of sp³-hybridized carbons (Fsp3) is 0.846. The number of hydrogen-bond acceptors (Lipinski definition) is 4. The van der Waals surface area contributed by atoms with E-state index in [2.05, 4.69) is 24.8 Å². The van der Waals surface area contributed by atoms with E-state index in [0.29, 0.717) is 30.0 Å². The first-order chi connectivity index (χ1) is 14.4. The van der Waals surface area contributed by atoms with Crippen LogP contribution in [0.4, 0.5) is 0 Å². The van der Waals surface area contributed by atoms with Gasteiger partial charge in [-0.25, -0.2) is 0 Å². The van der Waals surface area contributed by atoms with Crippen molar-refractivity contribution >= 4 is 11.8 Å². The topological polar surface area (TPSA) is 46.6 Å². The SMILES string of the molecule is C[C@@]12CC[C@H]3[C@@H](CC=C4C[C@H](OC(=O)CCN5CCCC5)CC[C@@]43C)[C@H]1CCC2=O. The van der Waals surface area contributed by atoms with Gasteiger partial charge < -0.3 is 9.64 Å². The fourth-order valence-corrected chi connectivity index (χ4v) is 8.00. The number of fused-ring (bicyclic) bond motifs is 5. The normalized spacial score (nSPS) is 43.5. The Morgan fingerprint density at radius 1 is 1.10 bits per heavy atom. The Hall–Kier alpha value is -1.16. The molecule has 0 aromatic carbocycles. The highest BCUT2D eigenvalue weighted by atomic mass is 16.5. The van der Waals surface area contributed by atoms with Crippen LogP contribution in [0.5, 0.6) is 0 Å². The molecule has 6 atom stereocenters. The van der Waals surface area contributed by atoms with Crippen LogP contribution in [0.1, 0.15) is 84.5 Å². The van der Waals surface area contributed by atoms with Gasteiger partial charge in [-0.05, 0) is 87.6 Å². The predicted octanol–water partition coefficient (Wildman–Crippen LogP) is 4.92. The molecule has 0 bridgehead atoms. The fourth-order valence-electron chi connectivity index (χ4n) is 8.00. The molecule has 0 N–H and O–H groups in total. The van der Waals surface area contributed by atoms with E-state index in [1.807, 2.05) is 0 Å². The van der Waals surface area contributed by atoms with E-state index < -0.39 is 0 Å². The predicted molar refractivity (Wildman–Crippen MR) is 117 cm³/mol. The lowest BCUT2D eigenvalue weighted by Crippen LogP contribution is -2.50. The molecule has 166 valence electrons. The second kappa shape index (κ2) is 7.76. The van der Waals surface area contributed by atoms with Crippen LogP contribution in [-0.2, 0) is 14.3 Å². The van der Waals surface area contributed by atoms with Crippen molar-refractivity contribution in [2.75, 3.05) is 19.6 Å². The smallest absolute Gasteiger partial charge is 0.307 e. The summed E-state index contributed by atoms with van der Waals surface area (Å²) in [7, 11) is 0. The number of carbonyl (C=O) groups is 2. The minimum Gasteiger partial charge on any atom is -0.462 e. The van der Waals surface area contributed by atoms with E-state index in [0.717, 1.165) is 64.6 Å². The number of carbonyl (C=O) groups excluding carboxylic acids is 2. The Bertz CT molecular complexity index is 739. The van der Waals surface area contributed by atoms with Gasteiger partial charge in [0.2, 0.25) is 0 Å². The van der Waals surface area contributed by atoms with Crippen molar-refractivity contribution in [2.45, 2.75) is 90.6 Å². The Balaban J connectivity index is 1.22. The van der Waals surface area contributed by atoms with Crippen LogP contribution < -0.4 is 0 Å². The van der Waals surface area contributed by atoms with E-state index in [4.69, 9.17) is 4.74 Å². The highest BCUT2D eigenvalue weighted by Crippen LogP contribution is 2.64. The summed E-state index contributed by atoms with van der Waals surface area (Å²) in [5.41, 5.74) is 1.74. The van der Waals surface area contributed by atoms with E-state index in [-0.39, 0.29) is 22.9 Å². The first-order valence-corrected chi connectivity index (χ1v) is 12.5. The molecule has 30 heavy (non-hydrogen) atoms. The van der Waals surface area contributed by atoms with Crippen molar-refractivity contribution in [2.24, 2.45) is 28.6 Å². The van der Waals surface area contributed by atoms with Crippen LogP contribution >= 0.6 is 0 Å². The Morgan fingerprint density at radius 2 is 1.83 bits per heavy atom. The molecule has 5 aliphatic rings. The zero-order valence-corrected chi connectivity index (χ0v) is 19.0. The van der Waals surface area contributed by atoms with Gasteiger partial charge in [-0.15, -0.1) is 0 Å². The van der Waals surface area contributed by atoms with Crippen molar-refractivity contribution < 1.29 is 14.3 Å². The Morgan fingerprint density at radius 3 is 2.63 bits per heavy atom. The average Bonchev–Trinajstić information content (AvgIpc) is 3.35. The highest BCUT2D eigenvalue weighted by Gasteiger charge is 2.58. The standard InChI is InChI=1S/C26H39NO3/c1-25-12-9-19(30-24(29)11-16-27-14-3-4-15-27)17-18(25)5-6-20-21-7-8-23(28)26(21,2)13-10-22(20)25/h5,19-22H,3-4,6-17H2,1-2H3/t19-,20+,21-,22+,25+,26-/m1/s1. The van der Waals surface area contributed by atoms with Gasteiger partial charge in [0.05, 0.1) is 6.42 Å². The van der Waals surface area contributed by atoms with E-state index in [1.54, 1.807) is 5.57 Å². The molecule has 1 saturated heterocycles. The van der Waals surface area contributed by atoms with Gasteiger partial charge in [0.1, 0.15) is 11.9 Å². The maximum atomic E-state index is 12.6. The van der Waals surface area contributed by atoms with Gasteiger partial charge in [-0.3, -0.25) is 9.59 Å². The van der Waals surface area contributed by atoms with Crippen LogP contribution in [0, 0.1) is 28.6 Å². The molecule has 1 heterocycles. The van der Waals surface area contributed by atoms with Gasteiger partial charge in [0.25, 0.3) is 0 Å². The van der Waals surface area contributed by atoms with Crippen molar-refractivity contribution in [3.05, 3.63) is 11.6 Å². The summed E-state index contributed by atoms with van der Waals surface area (Å²) in [6.07, 6.45) is 14.0. The number of nitrogens with zero attached hydrogens (tertiary/aromatic N) is 1. The number of hydrogen-bond donors (Lipinski definition) is 0. The van der Waals surface area contributed by atoms with Gasteiger partial charge in [0.15, 0.2) is 0 Å². The number of esters is 1. The molecular weight excluding hydrogens is 374 g/mol. The van der Waals surface area contributed by atoms with E-state index in [9.17, 15) is 9.59 Å². The number of likely N-dealkylation sites (tertiary alicyclic amines) is 1. The summed E-state index contributed by atoms with van der Waals surface area (Å²) in [5, 5.41) is 0. The summed E-state index contributed by atoms with van der Waals surface area (Å²) in [5.74, 6) is 2.47. The summed E-state index contributed by atoms with van der Waals surface area (Å²) >= 11 is 0. The molecule has 0 aromatic rings. The molecule has 4 heteroatoms. The minimum absolute atomic E-state index is 0.0114. The molecule has 0 radical (unpaired) electrons. The first-order valence-electron chi connectivity index (χ1n) is 12.5. The molecule has 0 amide bonds. The van der Waals surface area contributed by atoms with Crippen LogP contribution in [0.2, 0.25) is 0 Å². The Kier molecular flexibility index (Phi) is 5.36. The number of ketones is 1. The molecule has 1 aliphatic heterocycles. The molecule has 3 saturated carbocycles. The number of ether oxygens (including phenoxy) is 1. The lowest BCUT2D eigenvalue weighted by molar-refractivity contribution is -0.151. The van der Waals surface area contributed by atoms with Crippen molar-refractivity contribution in [3.8, 4) is 0 Å². The molecule has 0 aromatic heterocycles. The third kappa shape index (κ3) is 3.38. The Labute approximate surface area is 181 Å². The lowest BCUT2D eigenvalue weighted by Gasteiger charge is -2.56. The molecule has 4 nitrogen and oxygen atoms in total. The second-order valence-electron chi connectivity index (χ2n) is 11.3.